The molecule has 24 heavy (non-hydrogen) atoms. The number of carbonyl (C=O) groups excluding carboxylic acids is 2. The number of hydrogen-bond donors (Lipinski definition) is 2. The Hall–Kier alpha value is -2.89. The average molecular weight is 324 g/mol. The van der Waals surface area contributed by atoms with Gasteiger partial charge in [0.25, 0.3) is 0 Å². The van der Waals surface area contributed by atoms with E-state index in [9.17, 15) is 9.59 Å². The molecule has 1 heterocycles. The maximum Gasteiger partial charge on any atom is 0.243 e. The summed E-state index contributed by atoms with van der Waals surface area (Å²) < 4.78 is 1.75. The standard InChI is InChI=1S/C18H20N4O2/c1-2-17(23)21-16-6-3-5-15(16)18(24)20-13-7-9-14(10-8-13)22-12-4-11-19-22/h2,4,7-12,15-16H,1,3,5-6H2,(H,20,24)(H,21,23)/t15-,16-/m1/s1. The summed E-state index contributed by atoms with van der Waals surface area (Å²) in [6, 6.07) is 9.22. The Morgan fingerprint density at radius 3 is 2.71 bits per heavy atom. The number of nitrogens with zero attached hydrogens (tertiary/aromatic N) is 2. The molecule has 1 saturated carbocycles. The van der Waals surface area contributed by atoms with Gasteiger partial charge in [0.1, 0.15) is 0 Å². The molecule has 1 aromatic heterocycles. The first-order chi connectivity index (χ1) is 11.7. The van der Waals surface area contributed by atoms with Crippen molar-refractivity contribution in [2.24, 2.45) is 5.92 Å². The normalized spacial score (nSPS) is 19.7. The zero-order valence-corrected chi connectivity index (χ0v) is 13.3. The summed E-state index contributed by atoms with van der Waals surface area (Å²) in [5.41, 5.74) is 1.66. The lowest BCUT2D eigenvalue weighted by atomic mass is 10.0. The van der Waals surface area contributed by atoms with Crippen LogP contribution in [-0.4, -0.2) is 27.6 Å². The number of anilines is 1. The highest BCUT2D eigenvalue weighted by atomic mass is 16.2. The number of benzene rings is 1. The Balaban J connectivity index is 1.63. The van der Waals surface area contributed by atoms with E-state index in [2.05, 4.69) is 22.3 Å². The van der Waals surface area contributed by atoms with Crippen LogP contribution in [-0.2, 0) is 9.59 Å². The van der Waals surface area contributed by atoms with Crippen molar-refractivity contribution in [2.75, 3.05) is 5.32 Å². The number of carbonyl (C=O) groups is 2. The predicted octanol–water partition coefficient (Wildman–Crippen LogP) is 2.28. The summed E-state index contributed by atoms with van der Waals surface area (Å²) in [7, 11) is 0. The molecule has 6 heteroatoms. The van der Waals surface area contributed by atoms with Crippen LogP contribution in [0.1, 0.15) is 19.3 Å². The number of aromatic nitrogens is 2. The van der Waals surface area contributed by atoms with Crippen molar-refractivity contribution in [3.8, 4) is 5.69 Å². The molecular formula is C18H20N4O2. The summed E-state index contributed by atoms with van der Waals surface area (Å²) in [4.78, 5) is 24.0. The Morgan fingerprint density at radius 1 is 1.25 bits per heavy atom. The summed E-state index contributed by atoms with van der Waals surface area (Å²) >= 11 is 0. The van der Waals surface area contributed by atoms with Crippen LogP contribution in [0.3, 0.4) is 0 Å². The molecule has 2 atom stereocenters. The van der Waals surface area contributed by atoms with Crippen LogP contribution in [0.4, 0.5) is 5.69 Å². The van der Waals surface area contributed by atoms with E-state index in [1.165, 1.54) is 6.08 Å². The van der Waals surface area contributed by atoms with Crippen LogP contribution in [0.5, 0.6) is 0 Å². The van der Waals surface area contributed by atoms with Gasteiger partial charge in [0, 0.05) is 24.1 Å². The van der Waals surface area contributed by atoms with Gasteiger partial charge >= 0.3 is 0 Å². The van der Waals surface area contributed by atoms with Crippen LogP contribution < -0.4 is 10.6 Å². The first-order valence-corrected chi connectivity index (χ1v) is 8.01. The van der Waals surface area contributed by atoms with Crippen molar-refractivity contribution in [1.82, 2.24) is 15.1 Å². The first kappa shape index (κ1) is 16.0. The van der Waals surface area contributed by atoms with Gasteiger partial charge in [-0.15, -0.1) is 0 Å². The van der Waals surface area contributed by atoms with E-state index >= 15 is 0 Å². The molecule has 1 aliphatic rings. The topological polar surface area (TPSA) is 76.0 Å². The summed E-state index contributed by atoms with van der Waals surface area (Å²) in [6.45, 7) is 3.45. The number of amides is 2. The number of rotatable bonds is 5. The van der Waals surface area contributed by atoms with Gasteiger partial charge in [0.15, 0.2) is 0 Å². The Morgan fingerprint density at radius 2 is 2.04 bits per heavy atom. The summed E-state index contributed by atoms with van der Waals surface area (Å²) in [6.07, 6.45) is 7.33. The van der Waals surface area contributed by atoms with Gasteiger partial charge in [-0.2, -0.15) is 5.10 Å². The van der Waals surface area contributed by atoms with E-state index in [1.807, 2.05) is 36.5 Å². The van der Waals surface area contributed by atoms with Crippen molar-refractivity contribution in [3.05, 3.63) is 55.4 Å². The van der Waals surface area contributed by atoms with E-state index in [4.69, 9.17) is 0 Å². The molecular weight excluding hydrogens is 304 g/mol. The van der Waals surface area contributed by atoms with Crippen LogP contribution in [0, 0.1) is 5.92 Å². The Labute approximate surface area is 140 Å². The highest BCUT2D eigenvalue weighted by Crippen LogP contribution is 2.27. The van der Waals surface area contributed by atoms with E-state index in [1.54, 1.807) is 10.9 Å². The van der Waals surface area contributed by atoms with Crippen LogP contribution in [0.15, 0.2) is 55.4 Å². The molecule has 0 aliphatic heterocycles. The molecule has 2 aromatic rings. The average Bonchev–Trinajstić information content (AvgIpc) is 3.27. The zero-order valence-electron chi connectivity index (χ0n) is 13.3. The van der Waals surface area contributed by atoms with Crippen LogP contribution in [0.25, 0.3) is 5.69 Å². The second-order valence-corrected chi connectivity index (χ2v) is 5.84. The molecule has 1 aromatic carbocycles. The van der Waals surface area contributed by atoms with Crippen molar-refractivity contribution in [1.29, 1.82) is 0 Å². The third kappa shape index (κ3) is 3.53. The highest BCUT2D eigenvalue weighted by Gasteiger charge is 2.33. The molecule has 2 amide bonds. The molecule has 0 bridgehead atoms. The molecule has 0 saturated heterocycles. The lowest BCUT2D eigenvalue weighted by Crippen LogP contribution is -2.41. The van der Waals surface area contributed by atoms with Gasteiger partial charge in [-0.3, -0.25) is 9.59 Å². The Kier molecular flexibility index (Phi) is 4.74. The lowest BCUT2D eigenvalue weighted by molar-refractivity contribution is -0.121. The minimum Gasteiger partial charge on any atom is -0.349 e. The molecule has 2 N–H and O–H groups in total. The van der Waals surface area contributed by atoms with Crippen molar-refractivity contribution in [3.63, 3.8) is 0 Å². The highest BCUT2D eigenvalue weighted by molar-refractivity contribution is 5.94. The smallest absolute Gasteiger partial charge is 0.243 e. The predicted molar refractivity (Wildman–Crippen MR) is 91.7 cm³/mol. The van der Waals surface area contributed by atoms with Crippen molar-refractivity contribution in [2.45, 2.75) is 25.3 Å². The van der Waals surface area contributed by atoms with Crippen LogP contribution in [0.2, 0.25) is 0 Å². The van der Waals surface area contributed by atoms with E-state index in [-0.39, 0.29) is 23.8 Å². The second kappa shape index (κ2) is 7.12. The van der Waals surface area contributed by atoms with Crippen molar-refractivity contribution >= 4 is 17.5 Å². The molecule has 0 radical (unpaired) electrons. The van der Waals surface area contributed by atoms with Crippen LogP contribution >= 0.6 is 0 Å². The van der Waals surface area contributed by atoms with E-state index in [0.29, 0.717) is 0 Å². The SMILES string of the molecule is C=CC(=O)N[C@@H]1CCC[C@H]1C(=O)Nc1ccc(-n2cccn2)cc1. The zero-order chi connectivity index (χ0) is 16.9. The summed E-state index contributed by atoms with van der Waals surface area (Å²) in [5, 5.41) is 9.94. The molecule has 0 unspecified atom stereocenters. The molecule has 0 spiro atoms. The molecule has 1 fully saturated rings. The maximum atomic E-state index is 12.5. The largest absolute Gasteiger partial charge is 0.349 e. The number of nitrogens with one attached hydrogen (secondary N) is 2. The minimum atomic E-state index is -0.233. The molecule has 124 valence electrons. The fourth-order valence-corrected chi connectivity index (χ4v) is 3.04. The minimum absolute atomic E-state index is 0.0614. The fourth-order valence-electron chi connectivity index (χ4n) is 3.04. The maximum absolute atomic E-state index is 12.5. The molecule has 3 rings (SSSR count). The van der Waals surface area contributed by atoms with Gasteiger partial charge in [0.05, 0.1) is 11.6 Å². The lowest BCUT2D eigenvalue weighted by Gasteiger charge is -2.20. The monoisotopic (exact) mass is 324 g/mol. The molecule has 6 nitrogen and oxygen atoms in total. The van der Waals surface area contributed by atoms with E-state index < -0.39 is 0 Å². The third-order valence-corrected chi connectivity index (χ3v) is 4.27. The first-order valence-electron chi connectivity index (χ1n) is 8.01. The van der Waals surface area contributed by atoms with Gasteiger partial charge in [0.2, 0.25) is 11.8 Å². The van der Waals surface area contributed by atoms with Crippen molar-refractivity contribution < 1.29 is 9.59 Å². The fraction of sp³-hybridized carbons (Fsp3) is 0.278. The summed E-state index contributed by atoms with van der Waals surface area (Å²) in [5.74, 6) is -0.503. The van der Waals surface area contributed by atoms with Gasteiger partial charge in [-0.25, -0.2) is 4.68 Å². The van der Waals surface area contributed by atoms with Gasteiger partial charge in [-0.05, 0) is 49.2 Å². The number of hydrogen-bond acceptors (Lipinski definition) is 3. The second-order valence-electron chi connectivity index (χ2n) is 5.84. The molecule has 1 aliphatic carbocycles. The van der Waals surface area contributed by atoms with E-state index in [0.717, 1.165) is 30.6 Å². The quantitative estimate of drug-likeness (QED) is 0.829. The van der Waals surface area contributed by atoms with Gasteiger partial charge < -0.3 is 10.6 Å². The van der Waals surface area contributed by atoms with Gasteiger partial charge in [-0.1, -0.05) is 13.0 Å². The third-order valence-electron chi connectivity index (χ3n) is 4.27. The Bertz CT molecular complexity index is 722.